The SMILES string of the molecule is Cc1ccnc(-c2cccc3c2oc2[c]4c(ccc23)-c2cccc[c]2[Ge]4([CH3])[CH3])c1. The Morgan fingerprint density at radius 2 is 1.55 bits per heavy atom. The number of aryl methyl sites for hydroxylation is 1. The molecule has 1 aliphatic heterocycles. The summed E-state index contributed by atoms with van der Waals surface area (Å²) < 4.78 is 9.72. The Labute approximate surface area is 172 Å². The van der Waals surface area contributed by atoms with Crippen LogP contribution >= 0.6 is 0 Å². The summed E-state index contributed by atoms with van der Waals surface area (Å²) in [5.41, 5.74) is 8.03. The summed E-state index contributed by atoms with van der Waals surface area (Å²) in [5, 5.41) is 2.40. The normalized spacial score (nSPS) is 14.3. The minimum atomic E-state index is -2.43. The van der Waals surface area contributed by atoms with Crippen LogP contribution in [0.5, 0.6) is 0 Å². The molecule has 0 unspecified atom stereocenters. The van der Waals surface area contributed by atoms with E-state index in [9.17, 15) is 0 Å². The number of hydrogen-bond donors (Lipinski definition) is 0. The Balaban J connectivity index is 1.72. The first-order valence-corrected chi connectivity index (χ1v) is 16.4. The Hall–Kier alpha value is -2.85. The number of rotatable bonds is 1. The van der Waals surface area contributed by atoms with Crippen molar-refractivity contribution in [1.29, 1.82) is 0 Å². The summed E-state index contributed by atoms with van der Waals surface area (Å²) in [4.78, 5) is 4.62. The van der Waals surface area contributed by atoms with E-state index in [0.29, 0.717) is 0 Å². The van der Waals surface area contributed by atoms with Crippen molar-refractivity contribution in [2.45, 2.75) is 18.4 Å². The van der Waals surface area contributed by atoms with Gasteiger partial charge in [0.2, 0.25) is 0 Å². The molecule has 0 N–H and O–H groups in total. The van der Waals surface area contributed by atoms with Crippen molar-refractivity contribution in [1.82, 2.24) is 4.98 Å². The van der Waals surface area contributed by atoms with Gasteiger partial charge in [0.25, 0.3) is 0 Å². The Morgan fingerprint density at radius 3 is 2.41 bits per heavy atom. The zero-order valence-electron chi connectivity index (χ0n) is 16.8. The van der Waals surface area contributed by atoms with E-state index < -0.39 is 13.3 Å². The molecule has 2 nitrogen and oxygen atoms in total. The summed E-state index contributed by atoms with van der Waals surface area (Å²) in [6.07, 6.45) is 1.87. The van der Waals surface area contributed by atoms with E-state index in [-0.39, 0.29) is 0 Å². The van der Waals surface area contributed by atoms with Crippen molar-refractivity contribution in [3.05, 3.63) is 78.5 Å². The van der Waals surface area contributed by atoms with Crippen LogP contribution in [0.15, 0.2) is 77.3 Å². The molecule has 3 aromatic carbocycles. The minimum absolute atomic E-state index is 0.947. The quantitative estimate of drug-likeness (QED) is 0.313. The molecule has 0 radical (unpaired) electrons. The van der Waals surface area contributed by atoms with Crippen molar-refractivity contribution in [3.63, 3.8) is 0 Å². The summed E-state index contributed by atoms with van der Waals surface area (Å²) in [5.74, 6) is 4.97. The molecule has 5 aromatic rings. The van der Waals surface area contributed by atoms with Crippen molar-refractivity contribution in [2.75, 3.05) is 0 Å². The monoisotopic (exact) mass is 437 g/mol. The van der Waals surface area contributed by atoms with Gasteiger partial charge in [-0.3, -0.25) is 0 Å². The molecular formula is C26H21GeNO. The molecule has 0 aliphatic carbocycles. The third kappa shape index (κ3) is 2.27. The molecule has 6 rings (SSSR count). The average Bonchev–Trinajstić information content (AvgIpc) is 3.21. The van der Waals surface area contributed by atoms with E-state index in [1.807, 2.05) is 12.3 Å². The van der Waals surface area contributed by atoms with E-state index in [2.05, 4.69) is 84.1 Å². The van der Waals surface area contributed by atoms with Crippen molar-refractivity contribution < 1.29 is 4.42 Å². The number of para-hydroxylation sites is 1. The van der Waals surface area contributed by atoms with E-state index in [0.717, 1.165) is 22.4 Å². The van der Waals surface area contributed by atoms with Gasteiger partial charge in [-0.25, -0.2) is 0 Å². The summed E-state index contributed by atoms with van der Waals surface area (Å²) in [6.45, 7) is 2.10. The first-order chi connectivity index (χ1) is 14.1. The predicted octanol–water partition coefficient (Wildman–Crippen LogP) is 5.76. The molecule has 0 fully saturated rings. The maximum atomic E-state index is 6.69. The predicted molar refractivity (Wildman–Crippen MR) is 124 cm³/mol. The molecule has 0 bridgehead atoms. The second-order valence-electron chi connectivity index (χ2n) is 8.54. The Kier molecular flexibility index (Phi) is 3.43. The third-order valence-corrected chi connectivity index (χ3v) is 13.8. The zero-order chi connectivity index (χ0) is 19.8. The van der Waals surface area contributed by atoms with Crippen molar-refractivity contribution in [3.8, 4) is 22.4 Å². The fourth-order valence-corrected chi connectivity index (χ4v) is 12.0. The molecule has 0 amide bonds. The average molecular weight is 436 g/mol. The van der Waals surface area contributed by atoms with Gasteiger partial charge in [-0.1, -0.05) is 0 Å². The van der Waals surface area contributed by atoms with Crippen LogP contribution in [0.3, 0.4) is 0 Å². The summed E-state index contributed by atoms with van der Waals surface area (Å²) >= 11 is -2.43. The van der Waals surface area contributed by atoms with Crippen LogP contribution in [0.1, 0.15) is 5.56 Å². The number of pyridine rings is 1. The van der Waals surface area contributed by atoms with Crippen molar-refractivity contribution >= 4 is 44.0 Å². The van der Waals surface area contributed by atoms with Crippen LogP contribution in [-0.4, -0.2) is 18.3 Å². The van der Waals surface area contributed by atoms with Gasteiger partial charge in [-0.05, 0) is 0 Å². The van der Waals surface area contributed by atoms with Crippen LogP contribution in [0, 0.1) is 6.92 Å². The van der Waals surface area contributed by atoms with E-state index in [1.54, 1.807) is 4.40 Å². The van der Waals surface area contributed by atoms with Gasteiger partial charge in [0.1, 0.15) is 0 Å². The van der Waals surface area contributed by atoms with Crippen LogP contribution < -0.4 is 8.79 Å². The van der Waals surface area contributed by atoms with Gasteiger partial charge >= 0.3 is 173 Å². The van der Waals surface area contributed by atoms with Gasteiger partial charge < -0.3 is 0 Å². The second-order valence-corrected chi connectivity index (χ2v) is 17.5. The summed E-state index contributed by atoms with van der Waals surface area (Å²) in [7, 11) is 0. The molecule has 140 valence electrons. The molecular weight excluding hydrogens is 415 g/mol. The van der Waals surface area contributed by atoms with Crippen LogP contribution in [-0.2, 0) is 0 Å². The molecule has 0 atom stereocenters. The molecule has 2 aromatic heterocycles. The molecule has 1 aliphatic rings. The first kappa shape index (κ1) is 17.0. The number of benzene rings is 3. The molecule has 29 heavy (non-hydrogen) atoms. The van der Waals surface area contributed by atoms with Gasteiger partial charge in [0, 0.05) is 0 Å². The van der Waals surface area contributed by atoms with Crippen molar-refractivity contribution in [2.24, 2.45) is 0 Å². The number of fused-ring (bicyclic) bond motifs is 7. The molecule has 0 spiro atoms. The molecule has 3 heterocycles. The Morgan fingerprint density at radius 1 is 0.759 bits per heavy atom. The molecule has 3 heteroatoms. The molecule has 0 saturated heterocycles. The fraction of sp³-hybridized carbons (Fsp3) is 0.115. The first-order valence-electron chi connectivity index (χ1n) is 10.1. The Bertz CT molecular complexity index is 1440. The fourth-order valence-electron chi connectivity index (χ4n) is 4.99. The van der Waals surface area contributed by atoms with Crippen LogP contribution in [0.25, 0.3) is 44.3 Å². The zero-order valence-corrected chi connectivity index (χ0v) is 18.9. The number of nitrogens with zero attached hydrogens (tertiary/aromatic N) is 1. The topological polar surface area (TPSA) is 26.0 Å². The van der Waals surface area contributed by atoms with Crippen LogP contribution in [0.2, 0.25) is 11.5 Å². The van der Waals surface area contributed by atoms with Gasteiger partial charge in [0.05, 0.1) is 0 Å². The standard InChI is InChI=1S/C26H21GeNO/c1-16-13-14-28-23(15-16)21-9-6-8-19-20-12-11-18-17-7-4-5-10-22(17)27(2,3)24(18)26(20)29-25(19)21/h4-15H,1-3H3. The van der Waals surface area contributed by atoms with Crippen LogP contribution in [0.4, 0.5) is 0 Å². The van der Waals surface area contributed by atoms with Gasteiger partial charge in [0.15, 0.2) is 0 Å². The number of hydrogen-bond acceptors (Lipinski definition) is 2. The van der Waals surface area contributed by atoms with E-state index in [1.165, 1.54) is 31.9 Å². The summed E-state index contributed by atoms with van der Waals surface area (Å²) in [6, 6.07) is 24.0. The maximum absolute atomic E-state index is 6.69. The number of furan rings is 1. The van der Waals surface area contributed by atoms with E-state index >= 15 is 0 Å². The van der Waals surface area contributed by atoms with Gasteiger partial charge in [-0.15, -0.1) is 0 Å². The van der Waals surface area contributed by atoms with E-state index in [4.69, 9.17) is 4.42 Å². The third-order valence-electron chi connectivity index (χ3n) is 6.37. The van der Waals surface area contributed by atoms with Gasteiger partial charge in [-0.2, -0.15) is 0 Å². The molecule has 0 saturated carbocycles. The second kappa shape index (κ2) is 5.83. The number of aromatic nitrogens is 1.